The first-order chi connectivity index (χ1) is 8.11. The van der Waals surface area contributed by atoms with Crippen molar-refractivity contribution < 1.29 is 0 Å². The molecule has 1 spiro atoms. The number of likely N-dealkylation sites (tertiary alicyclic amines) is 1. The molecule has 1 aromatic rings. The van der Waals surface area contributed by atoms with Crippen LogP contribution in [0.2, 0.25) is 0 Å². The summed E-state index contributed by atoms with van der Waals surface area (Å²) in [4.78, 5) is 2.48. The van der Waals surface area contributed by atoms with Crippen molar-refractivity contribution in [2.24, 2.45) is 5.41 Å². The fourth-order valence-corrected chi connectivity index (χ4v) is 3.81. The molecule has 1 atom stereocenters. The maximum atomic E-state index is 2.48. The number of rotatable bonds is 0. The molecule has 0 N–H and O–H groups in total. The van der Waals surface area contributed by atoms with Crippen molar-refractivity contribution in [3.8, 4) is 0 Å². The Balaban J connectivity index is 1.93. The Labute approximate surface area is 105 Å². The first-order valence-electron chi connectivity index (χ1n) is 6.89. The lowest BCUT2D eigenvalue weighted by molar-refractivity contribution is 0.110. The highest BCUT2D eigenvalue weighted by molar-refractivity contribution is 5.41. The molecule has 0 amide bonds. The van der Waals surface area contributed by atoms with Crippen molar-refractivity contribution in [2.45, 2.75) is 39.0 Å². The van der Waals surface area contributed by atoms with Gasteiger partial charge in [-0.25, -0.2) is 0 Å². The molecule has 3 rings (SSSR count). The van der Waals surface area contributed by atoms with E-state index in [2.05, 4.69) is 44.0 Å². The van der Waals surface area contributed by atoms with E-state index in [0.29, 0.717) is 5.41 Å². The zero-order chi connectivity index (χ0) is 12.0. The quantitative estimate of drug-likeness (QED) is 0.659. The van der Waals surface area contributed by atoms with Crippen LogP contribution in [0, 0.1) is 12.3 Å². The Hall–Kier alpha value is -0.820. The van der Waals surface area contributed by atoms with E-state index in [1.165, 1.54) is 37.9 Å². The number of fused-ring (bicyclic) bond motifs is 1. The lowest BCUT2D eigenvalue weighted by Crippen LogP contribution is -2.39. The summed E-state index contributed by atoms with van der Waals surface area (Å²) in [6.07, 6.45) is 4.06. The minimum Gasteiger partial charge on any atom is -0.306 e. The number of aryl methyl sites for hydroxylation is 1. The lowest BCUT2D eigenvalue weighted by atomic mass is 9.70. The van der Waals surface area contributed by atoms with Crippen LogP contribution in [0.1, 0.15) is 42.4 Å². The molecule has 1 aromatic carbocycles. The van der Waals surface area contributed by atoms with Crippen molar-refractivity contribution in [1.82, 2.24) is 4.90 Å². The molecule has 1 fully saturated rings. The second-order valence-corrected chi connectivity index (χ2v) is 6.27. The molecule has 2 aliphatic rings. The molecule has 1 heterocycles. The number of hydrogen-bond donors (Lipinski definition) is 0. The molecule has 1 heteroatoms. The van der Waals surface area contributed by atoms with Gasteiger partial charge in [0, 0.05) is 0 Å². The third-order valence-corrected chi connectivity index (χ3v) is 5.21. The van der Waals surface area contributed by atoms with Crippen molar-refractivity contribution in [1.29, 1.82) is 0 Å². The van der Waals surface area contributed by atoms with E-state index < -0.39 is 0 Å². The van der Waals surface area contributed by atoms with Gasteiger partial charge in [-0.05, 0) is 68.8 Å². The monoisotopic (exact) mass is 229 g/mol. The van der Waals surface area contributed by atoms with Crippen LogP contribution in [0.3, 0.4) is 0 Å². The highest BCUT2D eigenvalue weighted by Gasteiger charge is 2.44. The van der Waals surface area contributed by atoms with Crippen LogP contribution in [0.4, 0.5) is 0 Å². The van der Waals surface area contributed by atoms with E-state index in [0.717, 1.165) is 5.92 Å². The fourth-order valence-electron chi connectivity index (χ4n) is 3.81. The normalized spacial score (nSPS) is 27.4. The molecule has 1 unspecified atom stereocenters. The molecule has 1 aliphatic carbocycles. The molecule has 0 radical (unpaired) electrons. The van der Waals surface area contributed by atoms with Gasteiger partial charge in [0.2, 0.25) is 0 Å². The largest absolute Gasteiger partial charge is 0.306 e. The smallest absolute Gasteiger partial charge is 0.00162 e. The predicted octanol–water partition coefficient (Wildman–Crippen LogP) is 3.37. The zero-order valence-corrected chi connectivity index (χ0v) is 11.3. The Kier molecular flexibility index (Phi) is 2.55. The van der Waals surface area contributed by atoms with Gasteiger partial charge in [-0.15, -0.1) is 0 Å². The topological polar surface area (TPSA) is 3.24 Å². The lowest BCUT2D eigenvalue weighted by Gasteiger charge is -2.41. The number of hydrogen-bond acceptors (Lipinski definition) is 1. The highest BCUT2D eigenvalue weighted by atomic mass is 15.1. The minimum atomic E-state index is 0.572. The average Bonchev–Trinajstić information content (AvgIpc) is 2.58. The SMILES string of the molecule is Cc1ccc2c(c1)C(C)C1(CCN(C)CC1)C2. The van der Waals surface area contributed by atoms with Crippen LogP contribution < -0.4 is 0 Å². The summed E-state index contributed by atoms with van der Waals surface area (Å²) in [5.41, 5.74) is 5.24. The van der Waals surface area contributed by atoms with E-state index in [-0.39, 0.29) is 0 Å². The van der Waals surface area contributed by atoms with Gasteiger partial charge < -0.3 is 4.90 Å². The predicted molar refractivity (Wildman–Crippen MR) is 72.5 cm³/mol. The van der Waals surface area contributed by atoms with Crippen molar-refractivity contribution in [3.63, 3.8) is 0 Å². The Bertz CT molecular complexity index is 427. The van der Waals surface area contributed by atoms with E-state index in [1.807, 2.05) is 0 Å². The van der Waals surface area contributed by atoms with Gasteiger partial charge in [0.1, 0.15) is 0 Å². The second-order valence-electron chi connectivity index (χ2n) is 6.27. The molecule has 17 heavy (non-hydrogen) atoms. The van der Waals surface area contributed by atoms with E-state index >= 15 is 0 Å². The van der Waals surface area contributed by atoms with Gasteiger partial charge in [-0.3, -0.25) is 0 Å². The van der Waals surface area contributed by atoms with Gasteiger partial charge >= 0.3 is 0 Å². The van der Waals surface area contributed by atoms with E-state index in [4.69, 9.17) is 0 Å². The van der Waals surface area contributed by atoms with Crippen LogP contribution in [-0.4, -0.2) is 25.0 Å². The summed E-state index contributed by atoms with van der Waals surface area (Å²) in [7, 11) is 2.25. The number of nitrogens with zero attached hydrogens (tertiary/aromatic N) is 1. The molecule has 1 nitrogen and oxygen atoms in total. The Morgan fingerprint density at radius 3 is 2.65 bits per heavy atom. The van der Waals surface area contributed by atoms with Crippen LogP contribution in [0.5, 0.6) is 0 Å². The maximum absolute atomic E-state index is 2.48. The Morgan fingerprint density at radius 2 is 1.94 bits per heavy atom. The third-order valence-electron chi connectivity index (χ3n) is 5.21. The summed E-state index contributed by atoms with van der Waals surface area (Å²) in [6, 6.07) is 7.07. The highest BCUT2D eigenvalue weighted by Crippen LogP contribution is 2.52. The minimum absolute atomic E-state index is 0.572. The zero-order valence-electron chi connectivity index (χ0n) is 11.3. The van der Waals surface area contributed by atoms with Gasteiger partial charge in [0.15, 0.2) is 0 Å². The molecule has 0 bridgehead atoms. The number of benzene rings is 1. The number of piperidine rings is 1. The van der Waals surface area contributed by atoms with Gasteiger partial charge in [-0.1, -0.05) is 30.7 Å². The van der Waals surface area contributed by atoms with Gasteiger partial charge in [0.25, 0.3) is 0 Å². The molecular formula is C16H23N. The summed E-state index contributed by atoms with van der Waals surface area (Å²) < 4.78 is 0. The summed E-state index contributed by atoms with van der Waals surface area (Å²) >= 11 is 0. The Morgan fingerprint density at radius 1 is 1.24 bits per heavy atom. The summed E-state index contributed by atoms with van der Waals surface area (Å²) in [6.45, 7) is 7.22. The van der Waals surface area contributed by atoms with E-state index in [9.17, 15) is 0 Å². The second kappa shape index (κ2) is 3.84. The van der Waals surface area contributed by atoms with Crippen LogP contribution in [0.25, 0.3) is 0 Å². The molecule has 1 saturated heterocycles. The summed E-state index contributed by atoms with van der Waals surface area (Å²) in [5, 5.41) is 0. The van der Waals surface area contributed by atoms with Crippen molar-refractivity contribution in [2.75, 3.05) is 20.1 Å². The van der Waals surface area contributed by atoms with E-state index in [1.54, 1.807) is 11.1 Å². The standard InChI is InChI=1S/C16H23N/c1-12-4-5-14-11-16(13(2)15(14)10-12)6-8-17(3)9-7-16/h4-5,10,13H,6-9,11H2,1-3H3. The fraction of sp³-hybridized carbons (Fsp3) is 0.625. The molecular weight excluding hydrogens is 206 g/mol. The summed E-state index contributed by atoms with van der Waals surface area (Å²) in [5.74, 6) is 0.756. The van der Waals surface area contributed by atoms with Crippen LogP contribution >= 0.6 is 0 Å². The van der Waals surface area contributed by atoms with Crippen molar-refractivity contribution >= 4 is 0 Å². The van der Waals surface area contributed by atoms with Crippen LogP contribution in [0.15, 0.2) is 18.2 Å². The first kappa shape index (κ1) is 11.3. The first-order valence-corrected chi connectivity index (χ1v) is 6.89. The van der Waals surface area contributed by atoms with Crippen molar-refractivity contribution in [3.05, 3.63) is 34.9 Å². The molecule has 0 saturated carbocycles. The van der Waals surface area contributed by atoms with Gasteiger partial charge in [-0.2, -0.15) is 0 Å². The molecule has 0 aromatic heterocycles. The average molecular weight is 229 g/mol. The molecule has 92 valence electrons. The third kappa shape index (κ3) is 1.72. The maximum Gasteiger partial charge on any atom is -0.00162 e. The molecule has 1 aliphatic heterocycles. The van der Waals surface area contributed by atoms with Gasteiger partial charge in [0.05, 0.1) is 0 Å². The van der Waals surface area contributed by atoms with Crippen LogP contribution in [-0.2, 0) is 6.42 Å².